The van der Waals surface area contributed by atoms with E-state index in [-0.39, 0.29) is 29.5 Å². The summed E-state index contributed by atoms with van der Waals surface area (Å²) in [6.45, 7) is 4.56. The summed E-state index contributed by atoms with van der Waals surface area (Å²) >= 11 is 0. The number of nitrogens with zero attached hydrogens (tertiary/aromatic N) is 1. The first-order valence-electron chi connectivity index (χ1n) is 8.76. The van der Waals surface area contributed by atoms with Gasteiger partial charge in [-0.25, -0.2) is 9.18 Å². The molecule has 1 aromatic carbocycles. The largest absolute Gasteiger partial charge is 0.467 e. The zero-order valence-electron chi connectivity index (χ0n) is 15.3. The Labute approximate surface area is 152 Å². The minimum atomic E-state index is -0.675. The third-order valence-electron chi connectivity index (χ3n) is 4.66. The van der Waals surface area contributed by atoms with Crippen molar-refractivity contribution in [2.24, 2.45) is 11.8 Å². The molecule has 1 aromatic rings. The molecule has 1 N–H and O–H groups in total. The summed E-state index contributed by atoms with van der Waals surface area (Å²) in [6.07, 6.45) is 1.04. The number of likely N-dealkylation sites (tertiary alicyclic amines) is 1. The molecule has 7 heteroatoms. The van der Waals surface area contributed by atoms with Crippen LogP contribution in [0.1, 0.15) is 37.0 Å². The van der Waals surface area contributed by atoms with Crippen molar-refractivity contribution in [2.45, 2.75) is 32.7 Å². The summed E-state index contributed by atoms with van der Waals surface area (Å²) in [5, 5.41) is 2.76. The Hall–Kier alpha value is -2.44. The van der Waals surface area contributed by atoms with Crippen molar-refractivity contribution in [3.63, 3.8) is 0 Å². The molecule has 0 aromatic heterocycles. The lowest BCUT2D eigenvalue weighted by Gasteiger charge is -2.32. The van der Waals surface area contributed by atoms with E-state index in [2.05, 4.69) is 5.32 Å². The van der Waals surface area contributed by atoms with Gasteiger partial charge in [0.05, 0.1) is 7.11 Å². The van der Waals surface area contributed by atoms with Crippen LogP contribution >= 0.6 is 0 Å². The van der Waals surface area contributed by atoms with Gasteiger partial charge in [-0.1, -0.05) is 13.8 Å². The monoisotopic (exact) mass is 364 g/mol. The second-order valence-electron chi connectivity index (χ2n) is 6.83. The Morgan fingerprint density at radius 2 is 1.73 bits per heavy atom. The summed E-state index contributed by atoms with van der Waals surface area (Å²) in [6, 6.07) is 4.75. The molecular weight excluding hydrogens is 339 g/mol. The van der Waals surface area contributed by atoms with Crippen molar-refractivity contribution in [2.75, 3.05) is 20.2 Å². The summed E-state index contributed by atoms with van der Waals surface area (Å²) in [7, 11) is 1.30. The number of hydrogen-bond donors (Lipinski definition) is 1. The maximum absolute atomic E-state index is 13.0. The SMILES string of the molecule is COC(=O)C(NC(=O)C1CCN(C(=O)c2ccc(F)cc2)CC1)C(C)C. The van der Waals surface area contributed by atoms with E-state index in [4.69, 9.17) is 4.74 Å². The summed E-state index contributed by atoms with van der Waals surface area (Å²) in [4.78, 5) is 38.3. The van der Waals surface area contributed by atoms with Crippen LogP contribution in [0, 0.1) is 17.7 Å². The summed E-state index contributed by atoms with van der Waals surface area (Å²) in [5.74, 6) is -1.54. The van der Waals surface area contributed by atoms with Gasteiger partial charge in [-0.05, 0) is 43.0 Å². The van der Waals surface area contributed by atoms with E-state index in [1.807, 2.05) is 13.8 Å². The van der Waals surface area contributed by atoms with Crippen molar-refractivity contribution in [1.82, 2.24) is 10.2 Å². The van der Waals surface area contributed by atoms with Gasteiger partial charge in [-0.2, -0.15) is 0 Å². The van der Waals surface area contributed by atoms with Crippen LogP contribution in [0.3, 0.4) is 0 Å². The van der Waals surface area contributed by atoms with E-state index in [1.54, 1.807) is 4.90 Å². The number of nitrogens with one attached hydrogen (secondary N) is 1. The van der Waals surface area contributed by atoms with Gasteiger partial charge in [0.2, 0.25) is 5.91 Å². The highest BCUT2D eigenvalue weighted by molar-refractivity contribution is 5.94. The second kappa shape index (κ2) is 8.78. The molecule has 1 fully saturated rings. The molecule has 0 radical (unpaired) electrons. The van der Waals surface area contributed by atoms with Crippen LogP contribution in [0.2, 0.25) is 0 Å². The Morgan fingerprint density at radius 1 is 1.15 bits per heavy atom. The molecular formula is C19H25FN2O4. The number of halogens is 1. The molecule has 0 bridgehead atoms. The molecule has 1 atom stereocenters. The zero-order chi connectivity index (χ0) is 19.3. The van der Waals surface area contributed by atoms with Crippen LogP contribution in [-0.4, -0.2) is 48.9 Å². The molecule has 6 nitrogen and oxygen atoms in total. The highest BCUT2D eigenvalue weighted by atomic mass is 19.1. The number of carbonyl (C=O) groups is 3. The molecule has 0 saturated carbocycles. The predicted molar refractivity (Wildman–Crippen MR) is 93.8 cm³/mol. The molecule has 1 aliphatic rings. The average molecular weight is 364 g/mol. The first kappa shape index (κ1) is 19.9. The maximum Gasteiger partial charge on any atom is 0.328 e. The van der Waals surface area contributed by atoms with E-state index in [0.29, 0.717) is 31.5 Å². The molecule has 1 unspecified atom stereocenters. The number of piperidine rings is 1. The standard InChI is InChI=1S/C19H25FN2O4/c1-12(2)16(19(25)26-3)21-17(23)13-8-10-22(11-9-13)18(24)14-4-6-15(20)7-5-14/h4-7,12-13,16H,8-11H2,1-3H3,(H,21,23). The number of esters is 1. The molecule has 1 aliphatic heterocycles. The smallest absolute Gasteiger partial charge is 0.328 e. The van der Waals surface area contributed by atoms with Crippen molar-refractivity contribution in [1.29, 1.82) is 0 Å². The first-order valence-corrected chi connectivity index (χ1v) is 8.76. The Bertz CT molecular complexity index is 652. The van der Waals surface area contributed by atoms with Gasteiger partial charge in [0.15, 0.2) is 0 Å². The Kier molecular flexibility index (Phi) is 6.71. The normalized spacial score (nSPS) is 16.3. The first-order chi connectivity index (χ1) is 12.3. The third kappa shape index (κ3) is 4.80. The lowest BCUT2D eigenvalue weighted by Crippen LogP contribution is -2.49. The van der Waals surface area contributed by atoms with E-state index in [0.717, 1.165) is 0 Å². The van der Waals surface area contributed by atoms with Crippen LogP contribution in [0.15, 0.2) is 24.3 Å². The Morgan fingerprint density at radius 3 is 2.23 bits per heavy atom. The topological polar surface area (TPSA) is 75.7 Å². The fraction of sp³-hybridized carbons (Fsp3) is 0.526. The molecule has 2 amide bonds. The number of ether oxygens (including phenoxy) is 1. The minimum absolute atomic E-state index is 0.0773. The van der Waals surface area contributed by atoms with Crippen molar-refractivity contribution in [3.05, 3.63) is 35.6 Å². The number of methoxy groups -OCH3 is 1. The number of hydrogen-bond acceptors (Lipinski definition) is 4. The van der Waals surface area contributed by atoms with Crippen molar-refractivity contribution >= 4 is 17.8 Å². The van der Waals surface area contributed by atoms with Gasteiger partial charge >= 0.3 is 5.97 Å². The van der Waals surface area contributed by atoms with Gasteiger partial charge < -0.3 is 15.0 Å². The van der Waals surface area contributed by atoms with Crippen molar-refractivity contribution < 1.29 is 23.5 Å². The van der Waals surface area contributed by atoms with Crippen LogP contribution in [0.4, 0.5) is 4.39 Å². The molecule has 0 spiro atoms. The number of carbonyl (C=O) groups excluding carboxylic acids is 3. The van der Waals surface area contributed by atoms with Gasteiger partial charge in [-0.3, -0.25) is 9.59 Å². The van der Waals surface area contributed by atoms with Gasteiger partial charge in [0.25, 0.3) is 5.91 Å². The Balaban J connectivity index is 1.90. The quantitative estimate of drug-likeness (QED) is 0.811. The van der Waals surface area contributed by atoms with Crippen LogP contribution in [-0.2, 0) is 14.3 Å². The van der Waals surface area contributed by atoms with Crippen LogP contribution in [0.25, 0.3) is 0 Å². The van der Waals surface area contributed by atoms with Crippen LogP contribution in [0.5, 0.6) is 0 Å². The average Bonchev–Trinajstić information content (AvgIpc) is 2.65. The van der Waals surface area contributed by atoms with E-state index >= 15 is 0 Å². The van der Waals surface area contributed by atoms with Gasteiger partial charge in [0, 0.05) is 24.6 Å². The second-order valence-corrected chi connectivity index (χ2v) is 6.83. The van der Waals surface area contributed by atoms with Crippen molar-refractivity contribution in [3.8, 4) is 0 Å². The molecule has 26 heavy (non-hydrogen) atoms. The zero-order valence-corrected chi connectivity index (χ0v) is 15.3. The highest BCUT2D eigenvalue weighted by Crippen LogP contribution is 2.20. The summed E-state index contributed by atoms with van der Waals surface area (Å²) < 4.78 is 17.7. The fourth-order valence-corrected chi connectivity index (χ4v) is 3.02. The molecule has 142 valence electrons. The number of rotatable bonds is 5. The van der Waals surface area contributed by atoms with E-state index in [1.165, 1.54) is 31.4 Å². The maximum atomic E-state index is 13.0. The van der Waals surface area contributed by atoms with E-state index in [9.17, 15) is 18.8 Å². The minimum Gasteiger partial charge on any atom is -0.467 e. The number of benzene rings is 1. The molecule has 2 rings (SSSR count). The lowest BCUT2D eigenvalue weighted by molar-refractivity contribution is -0.147. The predicted octanol–water partition coefficient (Wildman–Crippen LogP) is 1.99. The third-order valence-corrected chi connectivity index (χ3v) is 4.66. The van der Waals surface area contributed by atoms with Gasteiger partial charge in [0.1, 0.15) is 11.9 Å². The molecule has 1 saturated heterocycles. The molecule has 1 heterocycles. The fourth-order valence-electron chi connectivity index (χ4n) is 3.02. The molecule has 0 aliphatic carbocycles. The number of amides is 2. The summed E-state index contributed by atoms with van der Waals surface area (Å²) in [5.41, 5.74) is 0.430. The van der Waals surface area contributed by atoms with Gasteiger partial charge in [-0.15, -0.1) is 0 Å². The van der Waals surface area contributed by atoms with Crippen LogP contribution < -0.4 is 5.32 Å². The lowest BCUT2D eigenvalue weighted by atomic mass is 9.94. The van der Waals surface area contributed by atoms with E-state index < -0.39 is 12.0 Å². The highest BCUT2D eigenvalue weighted by Gasteiger charge is 2.31.